The summed E-state index contributed by atoms with van der Waals surface area (Å²) in [4.78, 5) is 13.8. The zero-order chi connectivity index (χ0) is 14.7. The van der Waals surface area contributed by atoms with Crippen LogP contribution in [0.4, 0.5) is 0 Å². The summed E-state index contributed by atoms with van der Waals surface area (Å²) in [5, 5.41) is 3.27. The van der Waals surface area contributed by atoms with Crippen molar-refractivity contribution in [3.05, 3.63) is 35.4 Å². The number of benzene rings is 1. The van der Waals surface area contributed by atoms with E-state index in [0.717, 1.165) is 31.8 Å². The Hall–Kier alpha value is -1.35. The molecule has 1 aromatic carbocycles. The van der Waals surface area contributed by atoms with E-state index in [9.17, 15) is 4.79 Å². The lowest BCUT2D eigenvalue weighted by Gasteiger charge is -2.29. The summed E-state index contributed by atoms with van der Waals surface area (Å²) in [5.41, 5.74) is 2.74. The van der Waals surface area contributed by atoms with Crippen LogP contribution in [0.2, 0.25) is 0 Å². The molecule has 1 atom stereocenters. The Morgan fingerprint density at radius 2 is 2.00 bits per heavy atom. The van der Waals surface area contributed by atoms with Gasteiger partial charge in [-0.2, -0.15) is 0 Å². The summed E-state index contributed by atoms with van der Waals surface area (Å²) < 4.78 is 0. The van der Waals surface area contributed by atoms with E-state index in [2.05, 4.69) is 36.5 Å². The number of amides is 1. The second kappa shape index (κ2) is 6.61. The number of quaternary nitrogens is 1. The fourth-order valence-electron chi connectivity index (χ4n) is 3.72. The first kappa shape index (κ1) is 14.6. The van der Waals surface area contributed by atoms with Gasteiger partial charge in [0.2, 0.25) is 0 Å². The standard InChI is InChI=1S/C18H26N2O/c1-14-9-11-20(12-10-14)13-18(21)19-17-8-4-6-15-5-2-3-7-16(15)17/h2-3,5,7,14,17H,4,6,8-13H2,1H3,(H,19,21)/p+1/t17-/m1/s1. The van der Waals surface area contributed by atoms with Crippen LogP contribution >= 0.6 is 0 Å². The van der Waals surface area contributed by atoms with Crippen molar-refractivity contribution in [2.24, 2.45) is 5.92 Å². The first-order chi connectivity index (χ1) is 10.2. The topological polar surface area (TPSA) is 33.5 Å². The number of hydrogen-bond acceptors (Lipinski definition) is 1. The summed E-state index contributed by atoms with van der Waals surface area (Å²) in [7, 11) is 0. The van der Waals surface area contributed by atoms with Gasteiger partial charge in [-0.05, 0) is 49.1 Å². The van der Waals surface area contributed by atoms with Crippen molar-refractivity contribution in [2.45, 2.75) is 45.1 Å². The summed E-state index contributed by atoms with van der Waals surface area (Å²) >= 11 is 0. The van der Waals surface area contributed by atoms with Crippen LogP contribution in [0.1, 0.15) is 49.8 Å². The van der Waals surface area contributed by atoms with E-state index in [1.54, 1.807) is 0 Å². The minimum atomic E-state index is 0.223. The smallest absolute Gasteiger partial charge is 0.275 e. The molecule has 21 heavy (non-hydrogen) atoms. The number of nitrogens with one attached hydrogen (secondary N) is 2. The minimum Gasteiger partial charge on any atom is -0.344 e. The molecule has 1 fully saturated rings. The molecule has 1 aliphatic carbocycles. The number of likely N-dealkylation sites (tertiary alicyclic amines) is 1. The summed E-state index contributed by atoms with van der Waals surface area (Å²) in [6, 6.07) is 8.79. The maximum absolute atomic E-state index is 12.3. The third-order valence-corrected chi connectivity index (χ3v) is 5.10. The molecule has 3 rings (SSSR count). The maximum Gasteiger partial charge on any atom is 0.275 e. The van der Waals surface area contributed by atoms with Gasteiger partial charge in [-0.15, -0.1) is 0 Å². The van der Waals surface area contributed by atoms with E-state index in [4.69, 9.17) is 0 Å². The number of carbonyl (C=O) groups is 1. The van der Waals surface area contributed by atoms with Crippen molar-refractivity contribution in [2.75, 3.05) is 19.6 Å². The third kappa shape index (κ3) is 3.65. The molecule has 2 aliphatic rings. The molecule has 0 unspecified atom stereocenters. The molecule has 3 nitrogen and oxygen atoms in total. The number of piperidine rings is 1. The molecule has 0 radical (unpaired) electrons. The third-order valence-electron chi connectivity index (χ3n) is 5.10. The Labute approximate surface area is 127 Å². The van der Waals surface area contributed by atoms with Crippen molar-refractivity contribution in [3.63, 3.8) is 0 Å². The highest BCUT2D eigenvalue weighted by molar-refractivity contribution is 5.77. The van der Waals surface area contributed by atoms with Crippen molar-refractivity contribution in [1.29, 1.82) is 0 Å². The first-order valence-corrected chi connectivity index (χ1v) is 8.43. The Morgan fingerprint density at radius 1 is 1.24 bits per heavy atom. The van der Waals surface area contributed by atoms with Crippen LogP contribution < -0.4 is 10.2 Å². The molecule has 1 aliphatic heterocycles. The quantitative estimate of drug-likeness (QED) is 0.868. The van der Waals surface area contributed by atoms with Gasteiger partial charge in [0, 0.05) is 0 Å². The number of aryl methyl sites for hydroxylation is 1. The number of carbonyl (C=O) groups excluding carboxylic acids is 1. The molecule has 2 N–H and O–H groups in total. The Kier molecular flexibility index (Phi) is 4.59. The normalized spacial score (nSPS) is 28.7. The highest BCUT2D eigenvalue weighted by atomic mass is 16.2. The van der Waals surface area contributed by atoms with Crippen LogP contribution in [0.25, 0.3) is 0 Å². The van der Waals surface area contributed by atoms with Gasteiger partial charge in [0.1, 0.15) is 0 Å². The molecule has 0 saturated carbocycles. The van der Waals surface area contributed by atoms with E-state index in [0.29, 0.717) is 6.54 Å². The monoisotopic (exact) mass is 287 g/mol. The summed E-state index contributed by atoms with van der Waals surface area (Å²) in [6.07, 6.45) is 5.92. The molecule has 0 spiro atoms. The fourth-order valence-corrected chi connectivity index (χ4v) is 3.72. The van der Waals surface area contributed by atoms with E-state index >= 15 is 0 Å². The predicted molar refractivity (Wildman–Crippen MR) is 84.2 cm³/mol. The van der Waals surface area contributed by atoms with Gasteiger partial charge >= 0.3 is 0 Å². The molecule has 1 saturated heterocycles. The second-order valence-electron chi connectivity index (χ2n) is 6.82. The minimum absolute atomic E-state index is 0.223. The van der Waals surface area contributed by atoms with Gasteiger partial charge in [-0.1, -0.05) is 31.2 Å². The lowest BCUT2D eigenvalue weighted by Crippen LogP contribution is -3.14. The van der Waals surface area contributed by atoms with Gasteiger partial charge in [0.15, 0.2) is 6.54 Å². The van der Waals surface area contributed by atoms with Gasteiger partial charge in [-0.25, -0.2) is 0 Å². The average molecular weight is 287 g/mol. The lowest BCUT2D eigenvalue weighted by molar-refractivity contribution is -0.898. The molecular weight excluding hydrogens is 260 g/mol. The summed E-state index contributed by atoms with van der Waals surface area (Å²) in [5.74, 6) is 1.06. The van der Waals surface area contributed by atoms with Crippen LogP contribution in [0.5, 0.6) is 0 Å². The van der Waals surface area contributed by atoms with Gasteiger partial charge in [0.05, 0.1) is 19.1 Å². The predicted octanol–water partition coefficient (Wildman–Crippen LogP) is 1.49. The lowest BCUT2D eigenvalue weighted by atomic mass is 9.88. The van der Waals surface area contributed by atoms with Gasteiger partial charge in [0.25, 0.3) is 5.91 Å². The van der Waals surface area contributed by atoms with E-state index in [1.165, 1.54) is 35.3 Å². The fraction of sp³-hybridized carbons (Fsp3) is 0.611. The Balaban J connectivity index is 1.56. The average Bonchev–Trinajstić information content (AvgIpc) is 2.50. The van der Waals surface area contributed by atoms with Gasteiger partial charge in [-0.3, -0.25) is 4.79 Å². The van der Waals surface area contributed by atoms with Crippen LogP contribution in [0.15, 0.2) is 24.3 Å². The number of fused-ring (bicyclic) bond motifs is 1. The van der Waals surface area contributed by atoms with Crippen LogP contribution in [-0.2, 0) is 11.2 Å². The number of rotatable bonds is 3. The number of hydrogen-bond donors (Lipinski definition) is 2. The largest absolute Gasteiger partial charge is 0.344 e. The van der Waals surface area contributed by atoms with E-state index in [1.807, 2.05) is 0 Å². The molecule has 0 aromatic heterocycles. The van der Waals surface area contributed by atoms with Crippen molar-refractivity contribution in [1.82, 2.24) is 5.32 Å². The van der Waals surface area contributed by atoms with Crippen LogP contribution in [0.3, 0.4) is 0 Å². The zero-order valence-electron chi connectivity index (χ0n) is 13.0. The van der Waals surface area contributed by atoms with Crippen LogP contribution in [-0.4, -0.2) is 25.5 Å². The molecule has 1 amide bonds. The first-order valence-electron chi connectivity index (χ1n) is 8.43. The Morgan fingerprint density at radius 3 is 2.81 bits per heavy atom. The zero-order valence-corrected chi connectivity index (χ0v) is 13.0. The van der Waals surface area contributed by atoms with Crippen molar-refractivity contribution >= 4 is 5.91 Å². The summed E-state index contributed by atoms with van der Waals surface area (Å²) in [6.45, 7) is 5.26. The van der Waals surface area contributed by atoms with Crippen LogP contribution in [0, 0.1) is 5.92 Å². The highest BCUT2D eigenvalue weighted by Gasteiger charge is 2.25. The highest BCUT2D eigenvalue weighted by Crippen LogP contribution is 2.29. The van der Waals surface area contributed by atoms with E-state index < -0.39 is 0 Å². The molecule has 1 heterocycles. The molecule has 3 heteroatoms. The maximum atomic E-state index is 12.3. The molecule has 1 aromatic rings. The molecule has 0 bridgehead atoms. The van der Waals surface area contributed by atoms with Gasteiger partial charge < -0.3 is 10.2 Å². The second-order valence-corrected chi connectivity index (χ2v) is 6.82. The molecular formula is C18H27N2O+. The Bertz CT molecular complexity index is 492. The van der Waals surface area contributed by atoms with E-state index in [-0.39, 0.29) is 11.9 Å². The van der Waals surface area contributed by atoms with Crippen molar-refractivity contribution in [3.8, 4) is 0 Å². The molecule has 114 valence electrons. The van der Waals surface area contributed by atoms with Crippen molar-refractivity contribution < 1.29 is 9.69 Å². The SMILES string of the molecule is CC1CC[NH+](CC(=O)N[C@@H]2CCCc3ccccc32)CC1.